The lowest BCUT2D eigenvalue weighted by atomic mass is 10.0. The maximum Gasteiger partial charge on any atom is 0.305 e. The highest BCUT2D eigenvalue weighted by Gasteiger charge is 2.16. The SMILES string of the molecule is CCOC(=O)CCC(N=NC(C)(C)C)C(C)C. The Balaban J connectivity index is 4.26. The molecule has 0 aromatic carbocycles. The summed E-state index contributed by atoms with van der Waals surface area (Å²) in [5.41, 5.74) is -0.156. The zero-order valence-corrected chi connectivity index (χ0v) is 12.0. The average molecular weight is 242 g/mol. The number of nitrogens with zero attached hydrogens (tertiary/aromatic N) is 2. The monoisotopic (exact) mass is 242 g/mol. The maximum absolute atomic E-state index is 11.3. The fourth-order valence-corrected chi connectivity index (χ4v) is 1.27. The molecule has 4 nitrogen and oxygen atoms in total. The van der Waals surface area contributed by atoms with Crippen LogP contribution in [-0.2, 0) is 9.53 Å². The molecular weight excluding hydrogens is 216 g/mol. The van der Waals surface area contributed by atoms with Crippen molar-refractivity contribution in [2.45, 2.75) is 66.0 Å². The average Bonchev–Trinajstić information content (AvgIpc) is 2.15. The summed E-state index contributed by atoms with van der Waals surface area (Å²) >= 11 is 0. The van der Waals surface area contributed by atoms with Crippen molar-refractivity contribution >= 4 is 5.97 Å². The molecule has 0 heterocycles. The summed E-state index contributed by atoms with van der Waals surface area (Å²) in [6.07, 6.45) is 1.12. The minimum atomic E-state index is -0.156. The molecule has 1 unspecified atom stereocenters. The van der Waals surface area contributed by atoms with Gasteiger partial charge in [0.2, 0.25) is 0 Å². The van der Waals surface area contributed by atoms with Crippen LogP contribution in [0.4, 0.5) is 0 Å². The minimum Gasteiger partial charge on any atom is -0.466 e. The molecule has 100 valence electrons. The second-order valence-corrected chi connectivity index (χ2v) is 5.54. The highest BCUT2D eigenvalue weighted by atomic mass is 16.5. The summed E-state index contributed by atoms with van der Waals surface area (Å²) in [4.78, 5) is 11.3. The Bertz CT molecular complexity index is 255. The van der Waals surface area contributed by atoms with E-state index >= 15 is 0 Å². The molecule has 0 spiro atoms. The first-order valence-corrected chi connectivity index (χ1v) is 6.34. The molecule has 0 aromatic heterocycles. The van der Waals surface area contributed by atoms with E-state index in [-0.39, 0.29) is 17.6 Å². The van der Waals surface area contributed by atoms with E-state index < -0.39 is 0 Å². The van der Waals surface area contributed by atoms with E-state index in [4.69, 9.17) is 4.74 Å². The van der Waals surface area contributed by atoms with E-state index in [0.717, 1.165) is 0 Å². The summed E-state index contributed by atoms with van der Waals surface area (Å²) in [6, 6.07) is 0.0960. The van der Waals surface area contributed by atoms with Crippen molar-refractivity contribution in [1.29, 1.82) is 0 Å². The van der Waals surface area contributed by atoms with Crippen molar-refractivity contribution in [3.63, 3.8) is 0 Å². The van der Waals surface area contributed by atoms with E-state index in [2.05, 4.69) is 24.1 Å². The molecule has 0 amide bonds. The molecule has 0 N–H and O–H groups in total. The number of ether oxygens (including phenoxy) is 1. The number of carbonyl (C=O) groups is 1. The van der Waals surface area contributed by atoms with Gasteiger partial charge >= 0.3 is 5.97 Å². The number of azo groups is 1. The zero-order chi connectivity index (χ0) is 13.5. The lowest BCUT2D eigenvalue weighted by molar-refractivity contribution is -0.143. The van der Waals surface area contributed by atoms with E-state index in [1.807, 2.05) is 27.7 Å². The molecular formula is C13H26N2O2. The number of carbonyl (C=O) groups excluding carboxylic acids is 1. The lowest BCUT2D eigenvalue weighted by Gasteiger charge is -2.17. The third-order valence-electron chi connectivity index (χ3n) is 2.23. The van der Waals surface area contributed by atoms with Gasteiger partial charge in [0.15, 0.2) is 0 Å². The zero-order valence-electron chi connectivity index (χ0n) is 12.0. The predicted molar refractivity (Wildman–Crippen MR) is 69.1 cm³/mol. The molecule has 4 heteroatoms. The van der Waals surface area contributed by atoms with Gasteiger partial charge in [0, 0.05) is 6.42 Å². The Morgan fingerprint density at radius 1 is 1.29 bits per heavy atom. The smallest absolute Gasteiger partial charge is 0.305 e. The molecule has 0 fully saturated rings. The Hall–Kier alpha value is -0.930. The van der Waals surface area contributed by atoms with Gasteiger partial charge in [0.25, 0.3) is 0 Å². The van der Waals surface area contributed by atoms with Crippen molar-refractivity contribution in [3.8, 4) is 0 Å². The summed E-state index contributed by atoms with van der Waals surface area (Å²) in [6.45, 7) is 12.5. The molecule has 0 aliphatic carbocycles. The molecule has 0 saturated heterocycles. The molecule has 0 rings (SSSR count). The van der Waals surface area contributed by atoms with Crippen molar-refractivity contribution in [3.05, 3.63) is 0 Å². The first-order chi connectivity index (χ1) is 7.76. The van der Waals surface area contributed by atoms with Crippen LogP contribution in [0.3, 0.4) is 0 Å². The first-order valence-electron chi connectivity index (χ1n) is 6.34. The van der Waals surface area contributed by atoms with E-state index in [9.17, 15) is 4.79 Å². The number of esters is 1. The maximum atomic E-state index is 11.3. The minimum absolute atomic E-state index is 0.0960. The predicted octanol–water partition coefficient (Wildman–Crippen LogP) is 3.61. The van der Waals surface area contributed by atoms with Gasteiger partial charge in [-0.05, 0) is 40.0 Å². The fraction of sp³-hybridized carbons (Fsp3) is 0.923. The topological polar surface area (TPSA) is 51.0 Å². The Kier molecular flexibility index (Phi) is 7.00. The third kappa shape index (κ3) is 8.83. The molecule has 0 bridgehead atoms. The van der Waals surface area contributed by atoms with Crippen LogP contribution in [0.25, 0.3) is 0 Å². The molecule has 0 radical (unpaired) electrons. The standard InChI is InChI=1S/C13H26N2O2/c1-7-17-12(16)9-8-11(10(2)3)14-15-13(4,5)6/h10-11H,7-9H2,1-6H3. The van der Waals surface area contributed by atoms with Crippen molar-refractivity contribution < 1.29 is 9.53 Å². The van der Waals surface area contributed by atoms with Crippen LogP contribution < -0.4 is 0 Å². The number of hydrogen-bond donors (Lipinski definition) is 0. The Labute approximate surface area is 105 Å². The number of rotatable bonds is 6. The summed E-state index contributed by atoms with van der Waals surface area (Å²) < 4.78 is 4.91. The van der Waals surface area contributed by atoms with Gasteiger partial charge in [-0.3, -0.25) is 4.79 Å². The second-order valence-electron chi connectivity index (χ2n) is 5.54. The van der Waals surface area contributed by atoms with Crippen molar-refractivity contribution in [2.24, 2.45) is 16.1 Å². The van der Waals surface area contributed by atoms with Crippen molar-refractivity contribution in [1.82, 2.24) is 0 Å². The quantitative estimate of drug-likeness (QED) is 0.528. The van der Waals surface area contributed by atoms with Gasteiger partial charge < -0.3 is 4.74 Å². The van der Waals surface area contributed by atoms with Crippen LogP contribution in [-0.4, -0.2) is 24.2 Å². The highest BCUT2D eigenvalue weighted by molar-refractivity contribution is 5.69. The van der Waals surface area contributed by atoms with Gasteiger partial charge in [-0.25, -0.2) is 0 Å². The van der Waals surface area contributed by atoms with Crippen LogP contribution in [0.15, 0.2) is 10.2 Å². The van der Waals surface area contributed by atoms with Gasteiger partial charge in [0.05, 0.1) is 18.2 Å². The van der Waals surface area contributed by atoms with Gasteiger partial charge in [-0.15, -0.1) is 0 Å². The normalized spacial score (nSPS) is 14.3. The summed E-state index contributed by atoms with van der Waals surface area (Å²) in [5, 5.41) is 8.62. The third-order valence-corrected chi connectivity index (χ3v) is 2.23. The largest absolute Gasteiger partial charge is 0.466 e. The van der Waals surface area contributed by atoms with E-state index in [1.54, 1.807) is 0 Å². The first kappa shape index (κ1) is 16.1. The fourth-order valence-electron chi connectivity index (χ4n) is 1.27. The summed E-state index contributed by atoms with van der Waals surface area (Å²) in [7, 11) is 0. The molecule has 0 aliphatic rings. The molecule has 17 heavy (non-hydrogen) atoms. The summed E-state index contributed by atoms with van der Waals surface area (Å²) in [5.74, 6) is 0.236. The van der Waals surface area contributed by atoms with Crippen LogP contribution in [0.1, 0.15) is 54.4 Å². The van der Waals surface area contributed by atoms with Crippen LogP contribution >= 0.6 is 0 Å². The molecule has 1 atom stereocenters. The van der Waals surface area contributed by atoms with Crippen molar-refractivity contribution in [2.75, 3.05) is 6.61 Å². The molecule has 0 aromatic rings. The molecule has 0 saturated carbocycles. The van der Waals surface area contributed by atoms with Crippen LogP contribution in [0, 0.1) is 5.92 Å². The van der Waals surface area contributed by atoms with Crippen LogP contribution in [0.5, 0.6) is 0 Å². The highest BCUT2D eigenvalue weighted by Crippen LogP contribution is 2.17. The second kappa shape index (κ2) is 7.41. The van der Waals surface area contributed by atoms with Gasteiger partial charge in [0.1, 0.15) is 0 Å². The van der Waals surface area contributed by atoms with E-state index in [1.165, 1.54) is 0 Å². The van der Waals surface area contributed by atoms with E-state index in [0.29, 0.717) is 25.4 Å². The molecule has 0 aliphatic heterocycles. The van der Waals surface area contributed by atoms with Gasteiger partial charge in [-0.2, -0.15) is 10.2 Å². The van der Waals surface area contributed by atoms with Gasteiger partial charge in [-0.1, -0.05) is 13.8 Å². The van der Waals surface area contributed by atoms with Crippen LogP contribution in [0.2, 0.25) is 0 Å². The lowest BCUT2D eigenvalue weighted by Crippen LogP contribution is -2.17. The Morgan fingerprint density at radius 2 is 1.88 bits per heavy atom. The Morgan fingerprint density at radius 3 is 2.29 bits per heavy atom. The number of hydrogen-bond acceptors (Lipinski definition) is 4.